The van der Waals surface area contributed by atoms with Crippen LogP contribution in [0.3, 0.4) is 0 Å². The van der Waals surface area contributed by atoms with Crippen LogP contribution in [0.15, 0.2) is 0 Å². The summed E-state index contributed by atoms with van der Waals surface area (Å²) in [5.74, 6) is -1.01. The molecule has 0 aliphatic carbocycles. The molecule has 98 valence electrons. The third-order valence-corrected chi connectivity index (χ3v) is 3.04. The number of amides is 2. The molecule has 1 aliphatic rings. The fourth-order valence-electron chi connectivity index (χ4n) is 1.78. The molecule has 6 heteroatoms. The van der Waals surface area contributed by atoms with E-state index in [9.17, 15) is 9.59 Å². The van der Waals surface area contributed by atoms with Gasteiger partial charge in [-0.2, -0.15) is 0 Å². The highest BCUT2D eigenvalue weighted by atomic mass is 16.4. The van der Waals surface area contributed by atoms with Crippen molar-refractivity contribution >= 4 is 12.0 Å². The van der Waals surface area contributed by atoms with Crippen molar-refractivity contribution in [3.05, 3.63) is 0 Å². The Morgan fingerprint density at radius 2 is 1.65 bits per heavy atom. The van der Waals surface area contributed by atoms with Crippen LogP contribution >= 0.6 is 0 Å². The van der Waals surface area contributed by atoms with E-state index >= 15 is 0 Å². The van der Waals surface area contributed by atoms with Gasteiger partial charge in [0.1, 0.15) is 6.04 Å². The number of urea groups is 1. The van der Waals surface area contributed by atoms with Crippen LogP contribution in [0.4, 0.5) is 4.79 Å². The Balaban J connectivity index is 2.38. The zero-order valence-corrected chi connectivity index (χ0v) is 10.6. The Morgan fingerprint density at radius 1 is 1.12 bits per heavy atom. The molecule has 0 spiro atoms. The summed E-state index contributed by atoms with van der Waals surface area (Å²) in [6, 6.07) is -0.646. The molecule has 0 unspecified atom stereocenters. The third-order valence-electron chi connectivity index (χ3n) is 3.04. The van der Waals surface area contributed by atoms with Crippen LogP contribution in [-0.2, 0) is 4.79 Å². The largest absolute Gasteiger partial charge is 0.480 e. The number of piperazine rings is 1. The van der Waals surface area contributed by atoms with Crippen LogP contribution in [0.1, 0.15) is 20.8 Å². The molecular formula is C11H21N3O3. The van der Waals surface area contributed by atoms with E-state index < -0.39 is 12.0 Å². The average molecular weight is 243 g/mol. The van der Waals surface area contributed by atoms with Crippen molar-refractivity contribution in [1.82, 2.24) is 15.1 Å². The summed E-state index contributed by atoms with van der Waals surface area (Å²) in [5.41, 5.74) is 0. The smallest absolute Gasteiger partial charge is 0.325 e. The second kappa shape index (κ2) is 5.86. The normalized spacial score (nSPS) is 19.2. The van der Waals surface area contributed by atoms with Crippen molar-refractivity contribution in [2.24, 2.45) is 0 Å². The van der Waals surface area contributed by atoms with Crippen LogP contribution in [0.5, 0.6) is 0 Å². The fraction of sp³-hybridized carbons (Fsp3) is 0.818. The molecule has 2 N–H and O–H groups in total. The molecule has 17 heavy (non-hydrogen) atoms. The maximum Gasteiger partial charge on any atom is 0.325 e. The summed E-state index contributed by atoms with van der Waals surface area (Å²) < 4.78 is 0. The number of nitrogens with zero attached hydrogens (tertiary/aromatic N) is 2. The molecule has 6 nitrogen and oxygen atoms in total. The van der Waals surface area contributed by atoms with Crippen LogP contribution in [0.25, 0.3) is 0 Å². The van der Waals surface area contributed by atoms with E-state index in [-0.39, 0.29) is 6.03 Å². The van der Waals surface area contributed by atoms with Crippen LogP contribution in [0.2, 0.25) is 0 Å². The maximum absolute atomic E-state index is 11.7. The molecule has 0 aromatic heterocycles. The summed E-state index contributed by atoms with van der Waals surface area (Å²) in [5, 5.41) is 11.2. The minimum absolute atomic E-state index is 0.289. The van der Waals surface area contributed by atoms with Gasteiger partial charge in [-0.3, -0.25) is 9.69 Å². The highest BCUT2D eigenvalue weighted by molar-refractivity contribution is 5.82. The summed E-state index contributed by atoms with van der Waals surface area (Å²) in [4.78, 5) is 26.3. The van der Waals surface area contributed by atoms with Gasteiger partial charge < -0.3 is 15.3 Å². The second-order valence-electron chi connectivity index (χ2n) is 4.63. The van der Waals surface area contributed by atoms with Gasteiger partial charge in [0.05, 0.1) is 0 Å². The van der Waals surface area contributed by atoms with Crippen molar-refractivity contribution in [3.63, 3.8) is 0 Å². The lowest BCUT2D eigenvalue weighted by Crippen LogP contribution is -2.55. The quantitative estimate of drug-likeness (QED) is 0.742. The minimum atomic E-state index is -1.01. The van der Waals surface area contributed by atoms with Gasteiger partial charge in [-0.25, -0.2) is 4.79 Å². The molecule has 1 atom stereocenters. The Hall–Kier alpha value is -1.30. The van der Waals surface area contributed by atoms with E-state index in [4.69, 9.17) is 5.11 Å². The molecule has 1 aliphatic heterocycles. The third kappa shape index (κ3) is 3.89. The lowest BCUT2D eigenvalue weighted by Gasteiger charge is -2.37. The van der Waals surface area contributed by atoms with Crippen LogP contribution in [-0.4, -0.2) is 65.2 Å². The highest BCUT2D eigenvalue weighted by Gasteiger charge is 2.24. The number of rotatable bonds is 3. The summed E-state index contributed by atoms with van der Waals surface area (Å²) in [6.45, 7) is 8.70. The van der Waals surface area contributed by atoms with Gasteiger partial charge >= 0.3 is 12.0 Å². The van der Waals surface area contributed by atoms with E-state index in [1.807, 2.05) is 0 Å². The topological polar surface area (TPSA) is 72.9 Å². The molecule has 1 saturated heterocycles. The van der Waals surface area contributed by atoms with Gasteiger partial charge in [-0.15, -0.1) is 0 Å². The van der Waals surface area contributed by atoms with E-state index in [1.165, 1.54) is 6.92 Å². The number of hydrogen-bond acceptors (Lipinski definition) is 3. The van der Waals surface area contributed by atoms with Crippen molar-refractivity contribution in [3.8, 4) is 0 Å². The van der Waals surface area contributed by atoms with Gasteiger partial charge in [0.15, 0.2) is 0 Å². The number of nitrogens with one attached hydrogen (secondary N) is 1. The molecule has 1 rings (SSSR count). The fourth-order valence-corrected chi connectivity index (χ4v) is 1.78. The number of hydrogen-bond donors (Lipinski definition) is 2. The summed E-state index contributed by atoms with van der Waals surface area (Å²) in [6.07, 6.45) is 0. The molecule has 1 fully saturated rings. The number of carboxylic acid groups (broad SMARTS) is 1. The molecule has 0 saturated carbocycles. The number of carbonyl (C=O) groups excluding carboxylic acids is 1. The molecule has 0 radical (unpaired) electrons. The van der Waals surface area contributed by atoms with Crippen LogP contribution in [0, 0.1) is 0 Å². The SMILES string of the molecule is CC(C)N1CCN(C(=O)N[C@H](C)C(=O)O)CC1. The van der Waals surface area contributed by atoms with Crippen molar-refractivity contribution in [2.75, 3.05) is 26.2 Å². The van der Waals surface area contributed by atoms with E-state index in [0.717, 1.165) is 13.1 Å². The molecule has 0 aromatic carbocycles. The van der Waals surface area contributed by atoms with E-state index in [0.29, 0.717) is 19.1 Å². The van der Waals surface area contributed by atoms with Gasteiger partial charge in [0.25, 0.3) is 0 Å². The zero-order chi connectivity index (χ0) is 13.0. The predicted molar refractivity (Wildman–Crippen MR) is 63.9 cm³/mol. The zero-order valence-electron chi connectivity index (χ0n) is 10.6. The first kappa shape index (κ1) is 13.8. The average Bonchev–Trinajstić information content (AvgIpc) is 2.28. The number of aliphatic carboxylic acids is 1. The Bertz CT molecular complexity index is 286. The summed E-state index contributed by atoms with van der Waals surface area (Å²) in [7, 11) is 0. The first-order valence-electron chi connectivity index (χ1n) is 5.94. The standard InChI is InChI=1S/C11H21N3O3/c1-8(2)13-4-6-14(7-5-13)11(17)12-9(3)10(15)16/h8-9H,4-7H2,1-3H3,(H,12,17)(H,15,16)/t9-/m1/s1. The molecule has 1 heterocycles. The van der Waals surface area contributed by atoms with Gasteiger partial charge in [-0.05, 0) is 20.8 Å². The summed E-state index contributed by atoms with van der Waals surface area (Å²) >= 11 is 0. The lowest BCUT2D eigenvalue weighted by molar-refractivity contribution is -0.138. The van der Waals surface area contributed by atoms with E-state index in [2.05, 4.69) is 24.1 Å². The predicted octanol–water partition coefficient (Wildman–Crippen LogP) is 0.195. The monoisotopic (exact) mass is 243 g/mol. The maximum atomic E-state index is 11.7. The van der Waals surface area contributed by atoms with Crippen molar-refractivity contribution in [2.45, 2.75) is 32.9 Å². The Labute approximate surface area is 102 Å². The van der Waals surface area contributed by atoms with Gasteiger partial charge in [0, 0.05) is 32.2 Å². The first-order valence-corrected chi connectivity index (χ1v) is 5.94. The van der Waals surface area contributed by atoms with Gasteiger partial charge in [0.2, 0.25) is 0 Å². The second-order valence-corrected chi connectivity index (χ2v) is 4.63. The first-order chi connectivity index (χ1) is 7.91. The van der Waals surface area contributed by atoms with Crippen molar-refractivity contribution in [1.29, 1.82) is 0 Å². The van der Waals surface area contributed by atoms with Crippen molar-refractivity contribution < 1.29 is 14.7 Å². The number of carbonyl (C=O) groups is 2. The molecule has 0 bridgehead atoms. The lowest BCUT2D eigenvalue weighted by atomic mass is 10.2. The highest BCUT2D eigenvalue weighted by Crippen LogP contribution is 2.06. The minimum Gasteiger partial charge on any atom is -0.480 e. The Morgan fingerprint density at radius 3 is 2.06 bits per heavy atom. The molecule has 2 amide bonds. The Kier molecular flexibility index (Phi) is 4.74. The molecule has 0 aromatic rings. The van der Waals surface area contributed by atoms with Crippen LogP contribution < -0.4 is 5.32 Å². The van der Waals surface area contributed by atoms with Gasteiger partial charge in [-0.1, -0.05) is 0 Å². The van der Waals surface area contributed by atoms with E-state index in [1.54, 1.807) is 4.90 Å². The number of carboxylic acids is 1. The molecular weight excluding hydrogens is 222 g/mol.